The number of methoxy groups -OCH3 is 1. The number of morpholine rings is 1. The average Bonchev–Trinajstić information content (AvgIpc) is 2.41. The molecule has 0 bridgehead atoms. The molecule has 3 nitrogen and oxygen atoms in total. The Balaban J connectivity index is 1.85. The second-order valence-electron chi connectivity index (χ2n) is 4.91. The first-order valence-electron chi connectivity index (χ1n) is 6.49. The highest BCUT2D eigenvalue weighted by Crippen LogP contribution is 2.29. The first kappa shape index (κ1) is 15.3. The number of hydrogen-bond donors (Lipinski definition) is 1. The van der Waals surface area contributed by atoms with Gasteiger partial charge in [0.05, 0.1) is 24.9 Å². The van der Waals surface area contributed by atoms with Crippen LogP contribution < -0.4 is 5.32 Å². The summed E-state index contributed by atoms with van der Waals surface area (Å²) < 4.78 is 48.0. The van der Waals surface area contributed by atoms with Crippen LogP contribution in [0, 0.1) is 0 Å². The number of rotatable bonds is 4. The molecular weight excluding hydrogens is 271 g/mol. The van der Waals surface area contributed by atoms with Gasteiger partial charge in [-0.15, -0.1) is 0 Å². The summed E-state index contributed by atoms with van der Waals surface area (Å²) in [5, 5.41) is 3.32. The van der Waals surface area contributed by atoms with E-state index in [9.17, 15) is 13.2 Å². The lowest BCUT2D eigenvalue weighted by Gasteiger charge is -2.30. The first-order valence-corrected chi connectivity index (χ1v) is 6.49. The molecule has 0 aromatic heterocycles. The fourth-order valence-electron chi connectivity index (χ4n) is 2.21. The van der Waals surface area contributed by atoms with Crippen molar-refractivity contribution in [2.45, 2.75) is 24.7 Å². The van der Waals surface area contributed by atoms with Gasteiger partial charge in [-0.2, -0.15) is 13.2 Å². The lowest BCUT2D eigenvalue weighted by molar-refractivity contribution is -0.137. The van der Waals surface area contributed by atoms with E-state index in [2.05, 4.69) is 5.32 Å². The smallest absolute Gasteiger partial charge is 0.382 e. The number of halogens is 3. The standard InChI is InChI=1S/C14H18F3NO2/c1-19-9-13-7-18-12(8-20-13)6-10-2-4-11(5-3-10)14(15,16)17/h2-5,12-13,18H,6-9H2,1H3. The zero-order valence-electron chi connectivity index (χ0n) is 11.2. The van der Waals surface area contributed by atoms with E-state index in [0.29, 0.717) is 26.2 Å². The molecule has 1 aliphatic rings. The van der Waals surface area contributed by atoms with Crippen molar-refractivity contribution in [3.63, 3.8) is 0 Å². The van der Waals surface area contributed by atoms with Crippen LogP contribution in [0.5, 0.6) is 0 Å². The summed E-state index contributed by atoms with van der Waals surface area (Å²) in [5.41, 5.74) is 0.249. The second-order valence-corrected chi connectivity index (χ2v) is 4.91. The van der Waals surface area contributed by atoms with Crippen LogP contribution in [0.1, 0.15) is 11.1 Å². The van der Waals surface area contributed by atoms with Crippen LogP contribution in [0.3, 0.4) is 0 Å². The molecule has 2 unspecified atom stereocenters. The molecule has 1 aromatic rings. The Morgan fingerprint density at radius 3 is 2.50 bits per heavy atom. The van der Waals surface area contributed by atoms with Gasteiger partial charge in [-0.25, -0.2) is 0 Å². The lowest BCUT2D eigenvalue weighted by Crippen LogP contribution is -2.48. The van der Waals surface area contributed by atoms with Crippen molar-refractivity contribution in [1.29, 1.82) is 0 Å². The number of hydrogen-bond acceptors (Lipinski definition) is 3. The van der Waals surface area contributed by atoms with Crippen LogP contribution in [-0.2, 0) is 22.1 Å². The zero-order valence-corrected chi connectivity index (χ0v) is 11.2. The minimum atomic E-state index is -4.28. The fourth-order valence-corrected chi connectivity index (χ4v) is 2.21. The first-order chi connectivity index (χ1) is 9.49. The monoisotopic (exact) mass is 289 g/mol. The number of benzene rings is 1. The maximum Gasteiger partial charge on any atom is 0.416 e. The van der Waals surface area contributed by atoms with Crippen LogP contribution in [0.15, 0.2) is 24.3 Å². The second kappa shape index (κ2) is 6.56. The molecule has 2 atom stereocenters. The Morgan fingerprint density at radius 1 is 1.30 bits per heavy atom. The Labute approximate surface area is 116 Å². The molecule has 1 N–H and O–H groups in total. The molecule has 1 saturated heterocycles. The van der Waals surface area contributed by atoms with Crippen molar-refractivity contribution in [3.8, 4) is 0 Å². The molecular formula is C14H18F3NO2. The summed E-state index contributed by atoms with van der Waals surface area (Å²) in [6.45, 7) is 1.77. The minimum absolute atomic E-state index is 0.0452. The average molecular weight is 289 g/mol. The highest BCUT2D eigenvalue weighted by Gasteiger charge is 2.30. The Kier molecular flexibility index (Phi) is 5.01. The Hall–Kier alpha value is -1.11. The summed E-state index contributed by atoms with van der Waals surface area (Å²) in [6.07, 6.45) is -3.58. The van der Waals surface area contributed by atoms with E-state index < -0.39 is 11.7 Å². The number of alkyl halides is 3. The van der Waals surface area contributed by atoms with Crippen molar-refractivity contribution in [2.24, 2.45) is 0 Å². The summed E-state index contributed by atoms with van der Waals surface area (Å²) in [5.74, 6) is 0. The molecule has 6 heteroatoms. The van der Waals surface area contributed by atoms with Crippen LogP contribution in [0.25, 0.3) is 0 Å². The predicted octanol–water partition coefficient (Wildman–Crippen LogP) is 2.25. The van der Waals surface area contributed by atoms with Gasteiger partial charge in [0.25, 0.3) is 0 Å². The van der Waals surface area contributed by atoms with Gasteiger partial charge in [0.2, 0.25) is 0 Å². The third kappa shape index (κ3) is 4.19. The molecule has 1 aromatic carbocycles. The van der Waals surface area contributed by atoms with Gasteiger partial charge in [-0.1, -0.05) is 12.1 Å². The Morgan fingerprint density at radius 2 is 2.00 bits per heavy atom. The SMILES string of the molecule is COCC1CNC(Cc2ccc(C(F)(F)F)cc2)CO1. The predicted molar refractivity (Wildman–Crippen MR) is 68.6 cm³/mol. The van der Waals surface area contributed by atoms with E-state index in [1.54, 1.807) is 7.11 Å². The molecule has 112 valence electrons. The van der Waals surface area contributed by atoms with E-state index in [0.717, 1.165) is 17.7 Å². The molecule has 2 rings (SSSR count). The van der Waals surface area contributed by atoms with Crippen molar-refractivity contribution in [1.82, 2.24) is 5.32 Å². The Bertz CT molecular complexity index is 411. The molecule has 0 aliphatic carbocycles. The molecule has 0 spiro atoms. The topological polar surface area (TPSA) is 30.5 Å². The van der Waals surface area contributed by atoms with E-state index in [1.807, 2.05) is 0 Å². The van der Waals surface area contributed by atoms with Gasteiger partial charge in [-0.3, -0.25) is 0 Å². The minimum Gasteiger partial charge on any atom is -0.382 e. The third-order valence-electron chi connectivity index (χ3n) is 3.28. The van der Waals surface area contributed by atoms with Crippen molar-refractivity contribution in [3.05, 3.63) is 35.4 Å². The zero-order chi connectivity index (χ0) is 14.6. The number of nitrogens with one attached hydrogen (secondary N) is 1. The summed E-state index contributed by atoms with van der Waals surface area (Å²) in [6, 6.07) is 5.40. The normalized spacial score (nSPS) is 23.8. The van der Waals surface area contributed by atoms with Crippen LogP contribution >= 0.6 is 0 Å². The molecule has 0 radical (unpaired) electrons. The van der Waals surface area contributed by atoms with Crippen LogP contribution in [0.2, 0.25) is 0 Å². The van der Waals surface area contributed by atoms with Gasteiger partial charge < -0.3 is 14.8 Å². The summed E-state index contributed by atoms with van der Waals surface area (Å²) in [7, 11) is 1.62. The highest BCUT2D eigenvalue weighted by molar-refractivity contribution is 5.25. The largest absolute Gasteiger partial charge is 0.416 e. The van der Waals surface area contributed by atoms with E-state index in [1.165, 1.54) is 12.1 Å². The van der Waals surface area contributed by atoms with Crippen LogP contribution in [0.4, 0.5) is 13.2 Å². The van der Waals surface area contributed by atoms with Gasteiger partial charge >= 0.3 is 6.18 Å². The summed E-state index contributed by atoms with van der Waals surface area (Å²) >= 11 is 0. The molecule has 1 fully saturated rings. The maximum absolute atomic E-state index is 12.4. The van der Waals surface area contributed by atoms with E-state index in [4.69, 9.17) is 9.47 Å². The van der Waals surface area contributed by atoms with Gasteiger partial charge in [0.15, 0.2) is 0 Å². The summed E-state index contributed by atoms with van der Waals surface area (Å²) in [4.78, 5) is 0. The van der Waals surface area contributed by atoms with Gasteiger partial charge in [0.1, 0.15) is 0 Å². The third-order valence-corrected chi connectivity index (χ3v) is 3.28. The fraction of sp³-hybridized carbons (Fsp3) is 0.571. The van der Waals surface area contributed by atoms with Gasteiger partial charge in [0, 0.05) is 19.7 Å². The van der Waals surface area contributed by atoms with Crippen molar-refractivity contribution in [2.75, 3.05) is 26.9 Å². The lowest BCUT2D eigenvalue weighted by atomic mass is 10.0. The molecule has 0 amide bonds. The van der Waals surface area contributed by atoms with E-state index >= 15 is 0 Å². The molecule has 20 heavy (non-hydrogen) atoms. The van der Waals surface area contributed by atoms with Gasteiger partial charge in [-0.05, 0) is 24.1 Å². The molecule has 1 heterocycles. The number of ether oxygens (including phenoxy) is 2. The van der Waals surface area contributed by atoms with Crippen LogP contribution in [-0.4, -0.2) is 39.0 Å². The van der Waals surface area contributed by atoms with Crippen molar-refractivity contribution >= 4 is 0 Å². The van der Waals surface area contributed by atoms with Crippen molar-refractivity contribution < 1.29 is 22.6 Å². The quantitative estimate of drug-likeness (QED) is 0.922. The highest BCUT2D eigenvalue weighted by atomic mass is 19.4. The molecule has 0 saturated carbocycles. The van der Waals surface area contributed by atoms with E-state index in [-0.39, 0.29) is 12.1 Å². The maximum atomic E-state index is 12.4. The molecule has 1 aliphatic heterocycles.